The molecule has 3 N–H and O–H groups in total. The summed E-state index contributed by atoms with van der Waals surface area (Å²) in [5, 5.41) is 0. The molecular weight excluding hydrogens is 440 g/mol. The van der Waals surface area contributed by atoms with E-state index in [0.29, 0.717) is 12.8 Å². The lowest BCUT2D eigenvalue weighted by molar-refractivity contribution is -0.130. The lowest BCUT2D eigenvalue weighted by Gasteiger charge is -2.31. The number of ether oxygens (including phenoxy) is 1. The molecule has 1 heterocycles. The largest absolute Gasteiger partial charge is 0.444 e. The highest BCUT2D eigenvalue weighted by atomic mass is 16.6. The number of benzene rings is 3. The molecule has 1 atom stereocenters. The van der Waals surface area contributed by atoms with Crippen molar-refractivity contribution in [3.05, 3.63) is 125 Å². The summed E-state index contributed by atoms with van der Waals surface area (Å²) >= 11 is 0. The molecule has 0 radical (unpaired) electrons. The standard InChI is InChI=1S/C28H28N4O3/c29-19-27(33)32(28(34)35-20-22-11-5-2-6-12-22)25(17-21-9-3-1-4-10-21)24-14-8-7-13-23(24)18-26-30-15-16-31-26/h1-16,25H,17-20,29H2,(H,30,31). The van der Waals surface area contributed by atoms with Crippen molar-refractivity contribution in [2.45, 2.75) is 25.5 Å². The van der Waals surface area contributed by atoms with Crippen LogP contribution in [0.5, 0.6) is 0 Å². The number of aromatic amines is 1. The zero-order chi connectivity index (χ0) is 24.5. The third-order valence-corrected chi connectivity index (χ3v) is 5.76. The van der Waals surface area contributed by atoms with Gasteiger partial charge in [-0.3, -0.25) is 4.79 Å². The zero-order valence-electron chi connectivity index (χ0n) is 19.3. The van der Waals surface area contributed by atoms with Crippen LogP contribution in [0, 0.1) is 0 Å². The number of imidazole rings is 1. The molecule has 7 nitrogen and oxygen atoms in total. The van der Waals surface area contributed by atoms with Crippen LogP contribution in [-0.4, -0.2) is 33.4 Å². The molecule has 1 aromatic heterocycles. The van der Waals surface area contributed by atoms with Gasteiger partial charge in [0.05, 0.1) is 12.6 Å². The minimum atomic E-state index is -0.724. The second-order valence-electron chi connectivity index (χ2n) is 8.13. The van der Waals surface area contributed by atoms with Gasteiger partial charge in [-0.15, -0.1) is 0 Å². The summed E-state index contributed by atoms with van der Waals surface area (Å²) < 4.78 is 5.59. The number of imide groups is 1. The SMILES string of the molecule is NCC(=O)N(C(=O)OCc1ccccc1)C(Cc1ccccc1)c1ccccc1Cc1ncc[nH]1. The van der Waals surface area contributed by atoms with Crippen LogP contribution in [0.1, 0.15) is 34.1 Å². The van der Waals surface area contributed by atoms with Crippen molar-refractivity contribution in [2.24, 2.45) is 5.73 Å². The average Bonchev–Trinajstić information content (AvgIpc) is 3.41. The van der Waals surface area contributed by atoms with Gasteiger partial charge in [0.15, 0.2) is 0 Å². The molecule has 0 spiro atoms. The Morgan fingerprint density at radius 2 is 1.57 bits per heavy atom. The lowest BCUT2D eigenvalue weighted by atomic mass is 9.92. The number of hydrogen-bond donors (Lipinski definition) is 2. The molecule has 1 unspecified atom stereocenters. The lowest BCUT2D eigenvalue weighted by Crippen LogP contribution is -2.44. The van der Waals surface area contributed by atoms with E-state index in [1.807, 2.05) is 84.9 Å². The predicted molar refractivity (Wildman–Crippen MR) is 133 cm³/mol. The van der Waals surface area contributed by atoms with Gasteiger partial charge in [-0.05, 0) is 28.7 Å². The van der Waals surface area contributed by atoms with Crippen LogP contribution in [0.2, 0.25) is 0 Å². The highest BCUT2D eigenvalue weighted by molar-refractivity contribution is 5.93. The van der Waals surface area contributed by atoms with Crippen molar-refractivity contribution in [3.63, 3.8) is 0 Å². The van der Waals surface area contributed by atoms with Crippen molar-refractivity contribution in [3.8, 4) is 0 Å². The highest BCUT2D eigenvalue weighted by Gasteiger charge is 2.33. The Morgan fingerprint density at radius 1 is 0.914 bits per heavy atom. The van der Waals surface area contributed by atoms with Crippen LogP contribution in [0.3, 0.4) is 0 Å². The van der Waals surface area contributed by atoms with Gasteiger partial charge in [0.1, 0.15) is 12.4 Å². The Hall–Kier alpha value is -4.23. The molecule has 0 aliphatic heterocycles. The first-order valence-corrected chi connectivity index (χ1v) is 11.5. The van der Waals surface area contributed by atoms with Crippen LogP contribution >= 0.6 is 0 Å². The van der Waals surface area contributed by atoms with Gasteiger partial charge in [-0.2, -0.15) is 0 Å². The fraction of sp³-hybridized carbons (Fsp3) is 0.179. The number of nitrogens with one attached hydrogen (secondary N) is 1. The van der Waals surface area contributed by atoms with Crippen molar-refractivity contribution in [1.82, 2.24) is 14.9 Å². The first-order chi connectivity index (χ1) is 17.2. The molecule has 0 bridgehead atoms. The van der Waals surface area contributed by atoms with Crippen molar-refractivity contribution in [2.75, 3.05) is 6.54 Å². The summed E-state index contributed by atoms with van der Waals surface area (Å²) in [6.45, 7) is -0.258. The van der Waals surface area contributed by atoms with E-state index in [-0.39, 0.29) is 13.2 Å². The van der Waals surface area contributed by atoms with Gasteiger partial charge in [0.2, 0.25) is 5.91 Å². The maximum absolute atomic E-state index is 13.4. The number of carbonyl (C=O) groups excluding carboxylic acids is 2. The average molecular weight is 469 g/mol. The van der Waals surface area contributed by atoms with Gasteiger partial charge in [0, 0.05) is 18.8 Å². The molecule has 0 aliphatic carbocycles. The molecular formula is C28H28N4O3. The molecule has 35 heavy (non-hydrogen) atoms. The summed E-state index contributed by atoms with van der Waals surface area (Å²) in [7, 11) is 0. The zero-order valence-corrected chi connectivity index (χ0v) is 19.3. The second-order valence-corrected chi connectivity index (χ2v) is 8.13. The molecule has 4 rings (SSSR count). The summed E-state index contributed by atoms with van der Waals surface area (Å²) in [4.78, 5) is 35.1. The van der Waals surface area contributed by atoms with Crippen molar-refractivity contribution in [1.29, 1.82) is 0 Å². The minimum Gasteiger partial charge on any atom is -0.444 e. The number of hydrogen-bond acceptors (Lipinski definition) is 5. The molecule has 4 aromatic rings. The quantitative estimate of drug-likeness (QED) is 0.379. The fourth-order valence-electron chi connectivity index (χ4n) is 4.06. The Kier molecular flexibility index (Phi) is 8.04. The van der Waals surface area contributed by atoms with Crippen LogP contribution in [-0.2, 0) is 29.0 Å². The molecule has 3 aromatic carbocycles. The first-order valence-electron chi connectivity index (χ1n) is 11.5. The molecule has 0 aliphatic rings. The van der Waals surface area contributed by atoms with Gasteiger partial charge in [-0.1, -0.05) is 84.9 Å². The Bertz CT molecular complexity index is 1230. The van der Waals surface area contributed by atoms with E-state index in [1.165, 1.54) is 0 Å². The Labute approximate surface area is 204 Å². The van der Waals surface area contributed by atoms with E-state index in [4.69, 9.17) is 10.5 Å². The van der Waals surface area contributed by atoms with Gasteiger partial charge in [-0.25, -0.2) is 14.7 Å². The fourth-order valence-corrected chi connectivity index (χ4v) is 4.06. The number of H-pyrrole nitrogens is 1. The molecule has 0 saturated heterocycles. The topological polar surface area (TPSA) is 101 Å². The van der Waals surface area contributed by atoms with Gasteiger partial charge in [0.25, 0.3) is 0 Å². The number of amides is 2. The maximum Gasteiger partial charge on any atom is 0.417 e. The van der Waals surface area contributed by atoms with E-state index in [9.17, 15) is 9.59 Å². The van der Waals surface area contributed by atoms with E-state index >= 15 is 0 Å². The smallest absolute Gasteiger partial charge is 0.417 e. The molecule has 178 valence electrons. The number of carbonyl (C=O) groups is 2. The van der Waals surface area contributed by atoms with E-state index < -0.39 is 18.0 Å². The normalized spacial score (nSPS) is 11.6. The third kappa shape index (κ3) is 6.22. The monoisotopic (exact) mass is 468 g/mol. The third-order valence-electron chi connectivity index (χ3n) is 5.76. The second kappa shape index (κ2) is 11.8. The highest BCUT2D eigenvalue weighted by Crippen LogP contribution is 2.30. The Morgan fingerprint density at radius 3 is 2.23 bits per heavy atom. The molecule has 7 heteroatoms. The number of nitrogens with two attached hydrogens (primary N) is 1. The van der Waals surface area contributed by atoms with Gasteiger partial charge < -0.3 is 15.5 Å². The number of nitrogens with zero attached hydrogens (tertiary/aromatic N) is 2. The van der Waals surface area contributed by atoms with Crippen molar-refractivity contribution >= 4 is 12.0 Å². The van der Waals surface area contributed by atoms with Crippen LogP contribution in [0.4, 0.5) is 4.79 Å². The first kappa shape index (κ1) is 23.9. The van der Waals surface area contributed by atoms with E-state index in [2.05, 4.69) is 9.97 Å². The minimum absolute atomic E-state index is 0.0557. The van der Waals surface area contributed by atoms with Crippen LogP contribution in [0.25, 0.3) is 0 Å². The van der Waals surface area contributed by atoms with Gasteiger partial charge >= 0.3 is 6.09 Å². The Balaban J connectivity index is 1.70. The summed E-state index contributed by atoms with van der Waals surface area (Å²) in [5.41, 5.74) is 9.37. The predicted octanol–water partition coefficient (Wildman–Crippen LogP) is 4.41. The summed E-state index contributed by atoms with van der Waals surface area (Å²) in [6, 6.07) is 26.3. The molecule has 0 fully saturated rings. The van der Waals surface area contributed by atoms with Crippen LogP contribution in [0.15, 0.2) is 97.3 Å². The number of rotatable bonds is 9. The maximum atomic E-state index is 13.4. The van der Waals surface area contributed by atoms with E-state index in [1.54, 1.807) is 12.4 Å². The van der Waals surface area contributed by atoms with Crippen molar-refractivity contribution < 1.29 is 14.3 Å². The molecule has 2 amide bonds. The summed E-state index contributed by atoms with van der Waals surface area (Å²) in [5.74, 6) is 0.288. The van der Waals surface area contributed by atoms with Crippen LogP contribution < -0.4 is 5.73 Å². The number of aromatic nitrogens is 2. The summed E-state index contributed by atoms with van der Waals surface area (Å²) in [6.07, 6.45) is 3.69. The van der Waals surface area contributed by atoms with E-state index in [0.717, 1.165) is 33.0 Å². The molecule has 0 saturated carbocycles.